The summed E-state index contributed by atoms with van der Waals surface area (Å²) in [7, 11) is 0. The fourth-order valence-electron chi connectivity index (χ4n) is 1.19. The molecule has 0 aromatic carbocycles. The maximum atomic E-state index is 11.7. The highest BCUT2D eigenvalue weighted by atomic mass is 16.6. The lowest BCUT2D eigenvalue weighted by atomic mass is 10.2. The number of carbonyl (C=O) groups excluding carboxylic acids is 2. The molecule has 0 aliphatic rings. The highest BCUT2D eigenvalue weighted by Crippen LogP contribution is 2.09. The zero-order valence-corrected chi connectivity index (χ0v) is 11.2. The monoisotopic (exact) mass is 254 g/mol. The number of rotatable bonds is 3. The van der Waals surface area contributed by atoms with E-state index in [0.29, 0.717) is 5.76 Å². The lowest BCUT2D eigenvalue weighted by Gasteiger charge is -2.22. The Balaban J connectivity index is 2.57. The summed E-state index contributed by atoms with van der Waals surface area (Å²) in [6.45, 7) is 8.53. The fraction of sp³-hybridized carbons (Fsp3) is 0.583. The number of carbonyl (C=O) groups is 2. The quantitative estimate of drug-likeness (QED) is 0.825. The van der Waals surface area contributed by atoms with Crippen LogP contribution in [0.15, 0.2) is 10.6 Å². The molecule has 0 fully saturated rings. The van der Waals surface area contributed by atoms with Crippen molar-refractivity contribution in [1.29, 1.82) is 0 Å². The van der Waals surface area contributed by atoms with E-state index < -0.39 is 23.5 Å². The third-order valence-corrected chi connectivity index (χ3v) is 1.97. The number of nitrogens with one attached hydrogen (secondary N) is 1. The second kappa shape index (κ2) is 5.20. The number of nitrogens with zero attached hydrogens (tertiary/aromatic N) is 1. The third-order valence-electron chi connectivity index (χ3n) is 1.97. The molecule has 0 radical (unpaired) electrons. The molecular weight excluding hydrogens is 236 g/mol. The molecule has 6 heteroatoms. The molecule has 1 aromatic heterocycles. The normalized spacial score (nSPS) is 12.9. The zero-order chi connectivity index (χ0) is 13.9. The first-order valence-corrected chi connectivity index (χ1v) is 5.66. The van der Waals surface area contributed by atoms with Crippen LogP contribution in [0, 0.1) is 6.92 Å². The van der Waals surface area contributed by atoms with Gasteiger partial charge in [0.2, 0.25) is 0 Å². The standard InChI is InChI=1S/C12H18N2O4/c1-7-6-9(14-18-7)10(15)13-8(2)11(16)17-12(3,4)5/h6,8H,1-5H3,(H,13,15)/t8-/m0/s1. The molecule has 1 N–H and O–H groups in total. The van der Waals surface area contributed by atoms with Crippen molar-refractivity contribution < 1.29 is 18.8 Å². The lowest BCUT2D eigenvalue weighted by Crippen LogP contribution is -2.42. The third kappa shape index (κ3) is 4.20. The fourth-order valence-corrected chi connectivity index (χ4v) is 1.19. The van der Waals surface area contributed by atoms with Gasteiger partial charge in [-0.05, 0) is 34.6 Å². The predicted octanol–water partition coefficient (Wildman–Crippen LogP) is 1.44. The van der Waals surface area contributed by atoms with E-state index >= 15 is 0 Å². The summed E-state index contributed by atoms with van der Waals surface area (Å²) in [6.07, 6.45) is 0. The van der Waals surface area contributed by atoms with Crippen molar-refractivity contribution in [2.45, 2.75) is 46.3 Å². The summed E-state index contributed by atoms with van der Waals surface area (Å²) in [5, 5.41) is 6.06. The van der Waals surface area contributed by atoms with Gasteiger partial charge < -0.3 is 14.6 Å². The van der Waals surface area contributed by atoms with Gasteiger partial charge in [-0.15, -0.1) is 0 Å². The number of esters is 1. The molecule has 0 saturated heterocycles. The Labute approximate surface area is 106 Å². The van der Waals surface area contributed by atoms with Crippen molar-refractivity contribution in [2.75, 3.05) is 0 Å². The van der Waals surface area contributed by atoms with Gasteiger partial charge in [0.05, 0.1) is 0 Å². The molecule has 18 heavy (non-hydrogen) atoms. The molecule has 1 amide bonds. The summed E-state index contributed by atoms with van der Waals surface area (Å²) in [5.41, 5.74) is -0.441. The first-order valence-electron chi connectivity index (χ1n) is 5.66. The van der Waals surface area contributed by atoms with Crippen LogP contribution in [0.4, 0.5) is 0 Å². The maximum Gasteiger partial charge on any atom is 0.328 e. The number of hydrogen-bond donors (Lipinski definition) is 1. The average molecular weight is 254 g/mol. The van der Waals surface area contributed by atoms with E-state index in [1.165, 1.54) is 6.07 Å². The van der Waals surface area contributed by atoms with Crippen molar-refractivity contribution in [1.82, 2.24) is 10.5 Å². The molecule has 0 spiro atoms. The number of hydrogen-bond acceptors (Lipinski definition) is 5. The molecule has 0 bridgehead atoms. The van der Waals surface area contributed by atoms with E-state index in [1.807, 2.05) is 0 Å². The van der Waals surface area contributed by atoms with Gasteiger partial charge in [0.1, 0.15) is 17.4 Å². The van der Waals surface area contributed by atoms with Crippen LogP contribution in [-0.2, 0) is 9.53 Å². The smallest absolute Gasteiger partial charge is 0.328 e. The second-order valence-electron chi connectivity index (χ2n) is 5.05. The van der Waals surface area contributed by atoms with Gasteiger partial charge in [-0.1, -0.05) is 5.16 Å². The lowest BCUT2D eigenvalue weighted by molar-refractivity contribution is -0.156. The Morgan fingerprint density at radius 1 is 1.44 bits per heavy atom. The molecule has 100 valence electrons. The second-order valence-corrected chi connectivity index (χ2v) is 5.05. The topological polar surface area (TPSA) is 81.4 Å². The Morgan fingerprint density at radius 2 is 2.06 bits per heavy atom. The Kier molecular flexibility index (Phi) is 4.11. The molecule has 0 aliphatic carbocycles. The van der Waals surface area contributed by atoms with Crippen LogP contribution in [0.25, 0.3) is 0 Å². The summed E-state index contributed by atoms with van der Waals surface area (Å²) in [6, 6.07) is 0.755. The van der Waals surface area contributed by atoms with Gasteiger partial charge in [0.25, 0.3) is 5.91 Å². The minimum absolute atomic E-state index is 0.142. The first-order chi connectivity index (χ1) is 8.19. The van der Waals surface area contributed by atoms with Crippen molar-refractivity contribution in [3.05, 3.63) is 17.5 Å². The van der Waals surface area contributed by atoms with Gasteiger partial charge >= 0.3 is 5.97 Å². The highest BCUT2D eigenvalue weighted by molar-refractivity contribution is 5.95. The molecular formula is C12H18N2O4. The van der Waals surface area contributed by atoms with Crippen LogP contribution < -0.4 is 5.32 Å². The summed E-state index contributed by atoms with van der Waals surface area (Å²) in [5.74, 6) is -0.425. The van der Waals surface area contributed by atoms with Crippen LogP contribution >= 0.6 is 0 Å². The van der Waals surface area contributed by atoms with Crippen molar-refractivity contribution >= 4 is 11.9 Å². The summed E-state index contributed by atoms with van der Waals surface area (Å²) >= 11 is 0. The summed E-state index contributed by atoms with van der Waals surface area (Å²) < 4.78 is 9.93. The first kappa shape index (κ1) is 14.2. The highest BCUT2D eigenvalue weighted by Gasteiger charge is 2.24. The van der Waals surface area contributed by atoms with Gasteiger partial charge in [-0.3, -0.25) is 4.79 Å². The number of aryl methyl sites for hydroxylation is 1. The average Bonchev–Trinajstić information content (AvgIpc) is 2.62. The zero-order valence-electron chi connectivity index (χ0n) is 11.2. The maximum absolute atomic E-state index is 11.7. The van der Waals surface area contributed by atoms with Crippen molar-refractivity contribution in [3.8, 4) is 0 Å². The minimum Gasteiger partial charge on any atom is -0.458 e. The minimum atomic E-state index is -0.742. The SMILES string of the molecule is Cc1cc(C(=O)N[C@@H](C)C(=O)OC(C)(C)C)no1. The van der Waals surface area contributed by atoms with Crippen LogP contribution in [0.1, 0.15) is 43.9 Å². The Bertz CT molecular complexity index is 445. The van der Waals surface area contributed by atoms with Crippen molar-refractivity contribution in [3.63, 3.8) is 0 Å². The summed E-state index contributed by atoms with van der Waals surface area (Å²) in [4.78, 5) is 23.3. The van der Waals surface area contributed by atoms with E-state index in [-0.39, 0.29) is 5.69 Å². The van der Waals surface area contributed by atoms with Gasteiger partial charge in [0, 0.05) is 6.07 Å². The number of amides is 1. The number of aromatic nitrogens is 1. The van der Waals surface area contributed by atoms with E-state index in [4.69, 9.17) is 9.26 Å². The van der Waals surface area contributed by atoms with Crippen LogP contribution in [0.2, 0.25) is 0 Å². The Morgan fingerprint density at radius 3 is 2.50 bits per heavy atom. The van der Waals surface area contributed by atoms with Crippen LogP contribution in [-0.4, -0.2) is 28.7 Å². The van der Waals surface area contributed by atoms with Gasteiger partial charge in [-0.2, -0.15) is 0 Å². The molecule has 1 aromatic rings. The van der Waals surface area contributed by atoms with E-state index in [9.17, 15) is 9.59 Å². The molecule has 1 rings (SSSR count). The van der Waals surface area contributed by atoms with Crippen LogP contribution in [0.5, 0.6) is 0 Å². The largest absolute Gasteiger partial charge is 0.458 e. The molecule has 0 unspecified atom stereocenters. The van der Waals surface area contributed by atoms with Gasteiger partial charge in [-0.25, -0.2) is 4.79 Å². The number of ether oxygens (including phenoxy) is 1. The molecule has 0 aliphatic heterocycles. The van der Waals surface area contributed by atoms with E-state index in [0.717, 1.165) is 0 Å². The molecule has 6 nitrogen and oxygen atoms in total. The Hall–Kier alpha value is -1.85. The molecule has 1 heterocycles. The van der Waals surface area contributed by atoms with E-state index in [1.54, 1.807) is 34.6 Å². The van der Waals surface area contributed by atoms with Crippen LogP contribution in [0.3, 0.4) is 0 Å². The predicted molar refractivity (Wildman–Crippen MR) is 64.0 cm³/mol. The van der Waals surface area contributed by atoms with Crippen molar-refractivity contribution in [2.24, 2.45) is 0 Å². The molecule has 0 saturated carbocycles. The van der Waals surface area contributed by atoms with E-state index in [2.05, 4.69) is 10.5 Å². The van der Waals surface area contributed by atoms with Gasteiger partial charge in [0.15, 0.2) is 5.69 Å². The molecule has 1 atom stereocenters.